The van der Waals surface area contributed by atoms with Gasteiger partial charge in [-0.15, -0.1) is 0 Å². The summed E-state index contributed by atoms with van der Waals surface area (Å²) in [5.41, 5.74) is 0.443. The normalized spacial score (nSPS) is 17.9. The fraction of sp³-hybridized carbons (Fsp3) is 1.00. The van der Waals surface area contributed by atoms with E-state index in [9.17, 15) is 0 Å². The van der Waals surface area contributed by atoms with Crippen LogP contribution in [-0.4, -0.2) is 29.4 Å². The zero-order valence-electron chi connectivity index (χ0n) is 8.86. The molecule has 0 bridgehead atoms. The maximum Gasteiger partial charge on any atom is 0.214 e. The van der Waals surface area contributed by atoms with Crippen LogP contribution in [0.4, 0.5) is 0 Å². The highest BCUT2D eigenvalue weighted by Crippen LogP contribution is 2.28. The standard InChI is InChI=1S/C9H20N.Al.2H/c1-7(8(2)10-6)9(3,4)5;;;/h7-8,10H,2H2,1,3-6H3;;;/t7-,8-;;;/m1.../s1. The van der Waals surface area contributed by atoms with Crippen LogP contribution >= 0.6 is 0 Å². The smallest absolute Gasteiger partial charge is 0.214 e. The third-order valence-electron chi connectivity index (χ3n) is 2.78. The number of hydrogen-bond acceptors (Lipinski definition) is 1. The maximum atomic E-state index is 3.39. The molecule has 0 saturated heterocycles. The Morgan fingerprint density at radius 2 is 1.82 bits per heavy atom. The van der Waals surface area contributed by atoms with Gasteiger partial charge in [0.15, 0.2) is 0 Å². The van der Waals surface area contributed by atoms with Crippen molar-refractivity contribution in [1.29, 1.82) is 0 Å². The third kappa shape index (κ3) is 3.60. The van der Waals surface area contributed by atoms with Crippen molar-refractivity contribution in [2.75, 3.05) is 7.05 Å². The topological polar surface area (TPSA) is 12.0 Å². The van der Waals surface area contributed by atoms with E-state index < -0.39 is 0 Å². The molecule has 0 spiro atoms. The van der Waals surface area contributed by atoms with Gasteiger partial charge in [-0.1, -0.05) is 33.0 Å². The van der Waals surface area contributed by atoms with Crippen LogP contribution in [0.2, 0.25) is 5.28 Å². The van der Waals surface area contributed by atoms with E-state index >= 15 is 0 Å². The first-order chi connectivity index (χ1) is 4.93. The van der Waals surface area contributed by atoms with Crippen molar-refractivity contribution < 1.29 is 0 Å². The van der Waals surface area contributed by atoms with Crippen LogP contribution in [0.15, 0.2) is 0 Å². The first-order valence-corrected chi connectivity index (χ1v) is 6.02. The molecule has 0 rings (SSSR count). The van der Waals surface area contributed by atoms with Crippen LogP contribution in [0.3, 0.4) is 0 Å². The fourth-order valence-corrected chi connectivity index (χ4v) is 2.53. The van der Waals surface area contributed by atoms with Crippen molar-refractivity contribution >= 4 is 16.3 Å². The average molecular weight is 171 g/mol. The van der Waals surface area contributed by atoms with Crippen LogP contribution in [0.1, 0.15) is 27.7 Å². The van der Waals surface area contributed by atoms with Crippen molar-refractivity contribution in [2.45, 2.75) is 39.0 Å². The zero-order chi connectivity index (χ0) is 9.07. The van der Waals surface area contributed by atoms with Crippen molar-refractivity contribution in [1.82, 2.24) is 5.32 Å². The molecule has 0 amide bonds. The highest BCUT2D eigenvalue weighted by molar-refractivity contribution is 6.08. The molecule has 0 fully saturated rings. The molecule has 0 aliphatic carbocycles. The van der Waals surface area contributed by atoms with E-state index in [1.54, 1.807) is 0 Å². The van der Waals surface area contributed by atoms with Gasteiger partial charge in [-0.05, 0) is 24.4 Å². The summed E-state index contributed by atoms with van der Waals surface area (Å²) in [5.74, 6) is 0.769. The Morgan fingerprint density at radius 3 is 1.91 bits per heavy atom. The summed E-state index contributed by atoms with van der Waals surface area (Å²) in [5, 5.41) is 4.75. The predicted molar refractivity (Wildman–Crippen MR) is 54.8 cm³/mol. The van der Waals surface area contributed by atoms with Gasteiger partial charge in [0.2, 0.25) is 16.3 Å². The van der Waals surface area contributed by atoms with Gasteiger partial charge >= 0.3 is 0 Å². The summed E-state index contributed by atoms with van der Waals surface area (Å²) in [6.45, 7) is 9.30. The highest BCUT2D eigenvalue weighted by Gasteiger charge is 2.25. The van der Waals surface area contributed by atoms with Crippen LogP contribution in [0.5, 0.6) is 0 Å². The van der Waals surface area contributed by atoms with Gasteiger partial charge in [-0.3, -0.25) is 0 Å². The van der Waals surface area contributed by atoms with Gasteiger partial charge in [0.05, 0.1) is 0 Å². The first kappa shape index (κ1) is 11.5. The van der Waals surface area contributed by atoms with Gasteiger partial charge in [-0.25, -0.2) is 0 Å². The molecule has 11 heavy (non-hydrogen) atoms. The molecule has 2 atom stereocenters. The molecular formula is C9H22AlN. The van der Waals surface area contributed by atoms with E-state index in [1.807, 2.05) is 0 Å². The molecule has 0 saturated carbocycles. The van der Waals surface area contributed by atoms with Crippen molar-refractivity contribution in [3.63, 3.8) is 0 Å². The molecule has 1 nitrogen and oxygen atoms in total. The molecule has 0 heterocycles. The van der Waals surface area contributed by atoms with E-state index in [-0.39, 0.29) is 0 Å². The maximum absolute atomic E-state index is 3.39. The summed E-state index contributed by atoms with van der Waals surface area (Å²) in [6.07, 6.45) is 0. The van der Waals surface area contributed by atoms with E-state index in [4.69, 9.17) is 0 Å². The SMILES string of the molecule is CN[C@H]([CH2][AlH2])[C@@H](C)C(C)(C)C. The average Bonchev–Trinajstić information content (AvgIpc) is 1.88. The second-order valence-electron chi connectivity index (χ2n) is 4.46. The Balaban J connectivity index is 4.09. The summed E-state index contributed by atoms with van der Waals surface area (Å²) in [6, 6.07) is 0.724. The Kier molecular flexibility index (Phi) is 4.70. The second-order valence-corrected chi connectivity index (χ2v) is 5.27. The van der Waals surface area contributed by atoms with Gasteiger partial charge in [0.25, 0.3) is 0 Å². The molecule has 2 heteroatoms. The Morgan fingerprint density at radius 1 is 1.36 bits per heavy atom. The van der Waals surface area contributed by atoms with Crippen LogP contribution < -0.4 is 5.32 Å². The lowest BCUT2D eigenvalue weighted by Gasteiger charge is -2.34. The first-order valence-electron chi connectivity index (χ1n) is 4.60. The van der Waals surface area contributed by atoms with Gasteiger partial charge in [-0.2, -0.15) is 0 Å². The second kappa shape index (κ2) is 4.50. The molecule has 0 aliphatic heterocycles. The van der Waals surface area contributed by atoms with Crippen molar-refractivity contribution in [3.05, 3.63) is 0 Å². The Bertz CT molecular complexity index is 103. The molecule has 0 unspecified atom stereocenters. The van der Waals surface area contributed by atoms with Gasteiger partial charge in [0, 0.05) is 0 Å². The number of nitrogens with one attached hydrogen (secondary N) is 1. The lowest BCUT2D eigenvalue weighted by Crippen LogP contribution is -2.38. The summed E-state index contributed by atoms with van der Waals surface area (Å²) >= 11 is 1.30. The molecular weight excluding hydrogens is 149 g/mol. The van der Waals surface area contributed by atoms with Crippen LogP contribution in [0.25, 0.3) is 0 Å². The Labute approximate surface area is 79.4 Å². The lowest BCUT2D eigenvalue weighted by molar-refractivity contribution is 0.212. The predicted octanol–water partition coefficient (Wildman–Crippen LogP) is 1.31. The summed E-state index contributed by atoms with van der Waals surface area (Å²) < 4.78 is 0. The van der Waals surface area contributed by atoms with Crippen LogP contribution in [0, 0.1) is 11.3 Å². The molecule has 0 aliphatic rings. The fourth-order valence-electron chi connectivity index (χ4n) is 1.41. The van der Waals surface area contributed by atoms with E-state index in [1.165, 1.54) is 21.6 Å². The molecule has 0 aromatic carbocycles. The van der Waals surface area contributed by atoms with Crippen LogP contribution in [-0.2, 0) is 0 Å². The zero-order valence-corrected chi connectivity index (χ0v) is 10.9. The minimum atomic E-state index is 0.443. The number of hydrogen-bond donors (Lipinski definition) is 1. The highest BCUT2D eigenvalue weighted by atomic mass is 27.0. The minimum absolute atomic E-state index is 0.443. The molecule has 0 aromatic heterocycles. The van der Waals surface area contributed by atoms with E-state index in [0.29, 0.717) is 5.41 Å². The Hall–Kier alpha value is 0.492. The quantitative estimate of drug-likeness (QED) is 0.631. The summed E-state index contributed by atoms with van der Waals surface area (Å²) in [4.78, 5) is 0. The van der Waals surface area contributed by atoms with Crippen molar-refractivity contribution in [2.24, 2.45) is 11.3 Å². The summed E-state index contributed by atoms with van der Waals surface area (Å²) in [7, 11) is 2.07. The van der Waals surface area contributed by atoms with E-state index in [2.05, 4.69) is 40.1 Å². The van der Waals surface area contributed by atoms with Crippen molar-refractivity contribution in [3.8, 4) is 0 Å². The van der Waals surface area contributed by atoms with Gasteiger partial charge < -0.3 is 5.32 Å². The molecule has 0 radical (unpaired) electrons. The monoisotopic (exact) mass is 171 g/mol. The molecule has 1 N–H and O–H groups in total. The largest absolute Gasteiger partial charge is 0.318 e. The van der Waals surface area contributed by atoms with Gasteiger partial charge in [0.1, 0.15) is 0 Å². The number of rotatable bonds is 3. The minimum Gasteiger partial charge on any atom is -0.318 e. The van der Waals surface area contributed by atoms with E-state index in [0.717, 1.165) is 12.0 Å². The molecule has 66 valence electrons. The third-order valence-corrected chi connectivity index (χ3v) is 3.66. The molecule has 0 aromatic rings. The lowest BCUT2D eigenvalue weighted by atomic mass is 9.78.